The van der Waals surface area contributed by atoms with Crippen LogP contribution >= 0.6 is 0 Å². The summed E-state index contributed by atoms with van der Waals surface area (Å²) in [7, 11) is 0. The van der Waals surface area contributed by atoms with Gasteiger partial charge in [-0.25, -0.2) is 0 Å². The zero-order valence-electron chi connectivity index (χ0n) is 50.7. The van der Waals surface area contributed by atoms with E-state index >= 15 is 0 Å². The second-order valence-corrected chi connectivity index (χ2v) is 23.5. The Bertz CT molecular complexity index is 1110. The molecule has 0 aromatic heterocycles. The average Bonchev–Trinajstić information content (AvgIpc) is 3.40. The van der Waals surface area contributed by atoms with Crippen LogP contribution in [0.1, 0.15) is 400 Å². The molecule has 0 spiro atoms. The molecule has 0 radical (unpaired) electrons. The summed E-state index contributed by atoms with van der Waals surface area (Å²) in [6, 6.07) is 0. The normalized spacial score (nSPS) is 11.9. The smallest absolute Gasteiger partial charge is 0.306 e. The van der Waals surface area contributed by atoms with E-state index in [9.17, 15) is 14.4 Å². The Labute approximate surface area is 463 Å². The molecule has 0 aliphatic heterocycles. The molecule has 0 aromatic carbocycles. The lowest BCUT2D eigenvalue weighted by Gasteiger charge is -2.18. The fourth-order valence-corrected chi connectivity index (χ4v) is 10.7. The molecule has 6 nitrogen and oxygen atoms in total. The maximum Gasteiger partial charge on any atom is 0.306 e. The second kappa shape index (κ2) is 63.9. The number of unbranched alkanes of at least 4 members (excludes halogenated alkanes) is 53. The number of carbonyl (C=O) groups excluding carboxylic acids is 3. The second-order valence-electron chi connectivity index (χ2n) is 23.5. The van der Waals surface area contributed by atoms with E-state index in [4.69, 9.17) is 14.2 Å². The lowest BCUT2D eigenvalue weighted by Crippen LogP contribution is -2.30. The standard InChI is InChI=1S/C68H132O6/c1-4-7-10-13-16-19-22-24-25-26-27-28-29-30-31-32-33-34-35-36-37-38-39-40-41-42-43-44-47-49-52-55-58-61-67(70)73-64-65(63-72-66(69)60-57-54-51-48-45-21-18-15-12-9-6-3)74-68(71)62-59-56-53-50-46-23-20-17-14-11-8-5-2/h65H,4-64H2,1-3H3. The highest BCUT2D eigenvalue weighted by Gasteiger charge is 2.19. The van der Waals surface area contributed by atoms with E-state index in [1.165, 1.54) is 302 Å². The molecule has 0 aliphatic carbocycles. The molecule has 0 heterocycles. The summed E-state index contributed by atoms with van der Waals surface area (Å²) in [5.41, 5.74) is 0. The average molecular weight is 1050 g/mol. The van der Waals surface area contributed by atoms with E-state index in [1.807, 2.05) is 0 Å². The van der Waals surface area contributed by atoms with Crippen molar-refractivity contribution in [3.8, 4) is 0 Å². The van der Waals surface area contributed by atoms with Crippen molar-refractivity contribution in [2.75, 3.05) is 13.2 Å². The third-order valence-corrected chi connectivity index (χ3v) is 15.9. The Morgan fingerprint density at radius 2 is 0.365 bits per heavy atom. The van der Waals surface area contributed by atoms with E-state index in [-0.39, 0.29) is 31.1 Å². The highest BCUT2D eigenvalue weighted by molar-refractivity contribution is 5.71. The largest absolute Gasteiger partial charge is 0.462 e. The van der Waals surface area contributed by atoms with Crippen molar-refractivity contribution in [1.29, 1.82) is 0 Å². The van der Waals surface area contributed by atoms with Crippen molar-refractivity contribution in [2.45, 2.75) is 406 Å². The number of hydrogen-bond acceptors (Lipinski definition) is 6. The lowest BCUT2D eigenvalue weighted by molar-refractivity contribution is -0.167. The van der Waals surface area contributed by atoms with Crippen LogP contribution in [-0.2, 0) is 28.6 Å². The first kappa shape index (κ1) is 72.4. The molecule has 0 aromatic rings. The predicted molar refractivity (Wildman–Crippen MR) is 321 cm³/mol. The molecular weight excluding hydrogens is 913 g/mol. The van der Waals surface area contributed by atoms with E-state index < -0.39 is 6.10 Å². The molecule has 0 fully saturated rings. The van der Waals surface area contributed by atoms with Crippen LogP contribution in [0.3, 0.4) is 0 Å². The number of esters is 3. The molecule has 1 atom stereocenters. The van der Waals surface area contributed by atoms with Crippen LogP contribution in [0, 0.1) is 0 Å². The molecule has 0 aliphatic rings. The van der Waals surface area contributed by atoms with E-state index in [0.29, 0.717) is 19.3 Å². The monoisotopic (exact) mass is 1050 g/mol. The summed E-state index contributed by atoms with van der Waals surface area (Å²) in [6.07, 6.45) is 74.4. The lowest BCUT2D eigenvalue weighted by atomic mass is 10.0. The van der Waals surface area contributed by atoms with Gasteiger partial charge in [-0.3, -0.25) is 14.4 Å². The minimum absolute atomic E-state index is 0.0611. The fourth-order valence-electron chi connectivity index (χ4n) is 10.7. The van der Waals surface area contributed by atoms with E-state index in [1.54, 1.807) is 0 Å². The maximum absolute atomic E-state index is 12.8. The van der Waals surface area contributed by atoms with Crippen molar-refractivity contribution in [3.63, 3.8) is 0 Å². The van der Waals surface area contributed by atoms with Gasteiger partial charge in [0.25, 0.3) is 0 Å². The van der Waals surface area contributed by atoms with Gasteiger partial charge in [-0.05, 0) is 19.3 Å². The Kier molecular flexibility index (Phi) is 62.6. The highest BCUT2D eigenvalue weighted by atomic mass is 16.6. The molecule has 0 saturated carbocycles. The van der Waals surface area contributed by atoms with Crippen LogP contribution in [-0.4, -0.2) is 37.2 Å². The Morgan fingerprint density at radius 1 is 0.216 bits per heavy atom. The third-order valence-electron chi connectivity index (χ3n) is 15.9. The quantitative estimate of drug-likeness (QED) is 0.0343. The summed E-state index contributed by atoms with van der Waals surface area (Å²) in [6.45, 7) is 6.70. The zero-order chi connectivity index (χ0) is 53.6. The van der Waals surface area contributed by atoms with Crippen LogP contribution in [0.5, 0.6) is 0 Å². The number of hydrogen-bond donors (Lipinski definition) is 0. The molecule has 0 bridgehead atoms. The predicted octanol–water partition coefficient (Wildman–Crippen LogP) is 23.1. The fraction of sp³-hybridized carbons (Fsp3) is 0.956. The number of carbonyl (C=O) groups is 3. The van der Waals surface area contributed by atoms with Crippen LogP contribution in [0.2, 0.25) is 0 Å². The van der Waals surface area contributed by atoms with Gasteiger partial charge in [-0.1, -0.05) is 361 Å². The molecular formula is C68H132O6. The van der Waals surface area contributed by atoms with Gasteiger partial charge < -0.3 is 14.2 Å². The topological polar surface area (TPSA) is 78.9 Å². The van der Waals surface area contributed by atoms with Crippen LogP contribution in [0.25, 0.3) is 0 Å². The Hall–Kier alpha value is -1.59. The van der Waals surface area contributed by atoms with Crippen LogP contribution < -0.4 is 0 Å². The number of rotatable bonds is 64. The summed E-state index contributed by atoms with van der Waals surface area (Å²) in [5, 5.41) is 0. The van der Waals surface area contributed by atoms with E-state index in [0.717, 1.165) is 57.8 Å². The number of ether oxygens (including phenoxy) is 3. The summed E-state index contributed by atoms with van der Waals surface area (Å²) < 4.78 is 16.9. The Balaban J connectivity index is 3.95. The van der Waals surface area contributed by atoms with Gasteiger partial charge in [-0.15, -0.1) is 0 Å². The van der Waals surface area contributed by atoms with Crippen molar-refractivity contribution in [1.82, 2.24) is 0 Å². The van der Waals surface area contributed by atoms with Crippen molar-refractivity contribution < 1.29 is 28.6 Å². The van der Waals surface area contributed by atoms with Crippen molar-refractivity contribution >= 4 is 17.9 Å². The van der Waals surface area contributed by atoms with Crippen molar-refractivity contribution in [3.05, 3.63) is 0 Å². The first-order valence-electron chi connectivity index (χ1n) is 34.0. The molecule has 74 heavy (non-hydrogen) atoms. The summed E-state index contributed by atoms with van der Waals surface area (Å²) in [4.78, 5) is 38.1. The molecule has 0 N–H and O–H groups in total. The first-order chi connectivity index (χ1) is 36.5. The van der Waals surface area contributed by atoms with Gasteiger partial charge in [0.05, 0.1) is 0 Å². The first-order valence-corrected chi connectivity index (χ1v) is 34.0. The maximum atomic E-state index is 12.8. The van der Waals surface area contributed by atoms with Gasteiger partial charge in [0.2, 0.25) is 0 Å². The van der Waals surface area contributed by atoms with Gasteiger partial charge >= 0.3 is 17.9 Å². The third kappa shape index (κ3) is 61.3. The van der Waals surface area contributed by atoms with E-state index in [2.05, 4.69) is 20.8 Å². The summed E-state index contributed by atoms with van der Waals surface area (Å²) in [5.74, 6) is -0.832. The molecule has 0 amide bonds. The van der Waals surface area contributed by atoms with Gasteiger partial charge in [0.1, 0.15) is 13.2 Å². The highest BCUT2D eigenvalue weighted by Crippen LogP contribution is 2.19. The SMILES string of the molecule is CCCCCCCCCCCCCCCCCCCCCCCCCCCCCCCCCCCC(=O)OCC(COC(=O)CCCCCCCCCCCCC)OC(=O)CCCCCCCCCCCCCC. The van der Waals surface area contributed by atoms with Gasteiger partial charge in [0, 0.05) is 19.3 Å². The van der Waals surface area contributed by atoms with Gasteiger partial charge in [-0.2, -0.15) is 0 Å². The summed E-state index contributed by atoms with van der Waals surface area (Å²) >= 11 is 0. The molecule has 440 valence electrons. The Morgan fingerprint density at radius 3 is 0.541 bits per heavy atom. The van der Waals surface area contributed by atoms with Gasteiger partial charge in [0.15, 0.2) is 6.10 Å². The van der Waals surface area contributed by atoms with Crippen LogP contribution in [0.4, 0.5) is 0 Å². The molecule has 0 rings (SSSR count). The van der Waals surface area contributed by atoms with Crippen LogP contribution in [0.15, 0.2) is 0 Å². The minimum Gasteiger partial charge on any atom is -0.462 e. The molecule has 1 unspecified atom stereocenters. The molecule has 6 heteroatoms. The van der Waals surface area contributed by atoms with Crippen molar-refractivity contribution in [2.24, 2.45) is 0 Å². The molecule has 0 saturated heterocycles. The minimum atomic E-state index is -0.761. The zero-order valence-corrected chi connectivity index (χ0v) is 50.7.